The highest BCUT2D eigenvalue weighted by Crippen LogP contribution is 2.43. The second-order valence-corrected chi connectivity index (χ2v) is 14.1. The van der Waals surface area contributed by atoms with Gasteiger partial charge in [-0.25, -0.2) is 0 Å². The minimum atomic E-state index is -1.25. The van der Waals surface area contributed by atoms with Crippen molar-refractivity contribution in [2.24, 2.45) is 0 Å². The molecule has 0 radical (unpaired) electrons. The van der Waals surface area contributed by atoms with Gasteiger partial charge >= 0.3 is 0 Å². The van der Waals surface area contributed by atoms with E-state index in [9.17, 15) is 5.11 Å². The lowest BCUT2D eigenvalue weighted by Crippen LogP contribution is -2.62. The van der Waals surface area contributed by atoms with Gasteiger partial charge in [0, 0.05) is 0 Å². The highest BCUT2D eigenvalue weighted by molar-refractivity contribution is 5.15. The van der Waals surface area contributed by atoms with Crippen molar-refractivity contribution in [1.82, 2.24) is 0 Å². The fourth-order valence-electron chi connectivity index (χ4n) is 6.92. The van der Waals surface area contributed by atoms with Crippen molar-refractivity contribution in [2.45, 2.75) is 121 Å². The third-order valence-electron chi connectivity index (χ3n) is 9.29. The molecule has 50 heavy (non-hydrogen) atoms. The topological polar surface area (TPSA) is 113 Å². The van der Waals surface area contributed by atoms with Gasteiger partial charge in [0.15, 0.2) is 24.2 Å². The van der Waals surface area contributed by atoms with Gasteiger partial charge in [-0.2, -0.15) is 0 Å². The maximum absolute atomic E-state index is 12.1. The van der Waals surface area contributed by atoms with Crippen LogP contribution in [-0.2, 0) is 67.2 Å². The van der Waals surface area contributed by atoms with Gasteiger partial charge in [-0.15, -0.1) is 0 Å². The fourth-order valence-corrected chi connectivity index (χ4v) is 6.92. The maximum atomic E-state index is 12.1. The van der Waals surface area contributed by atoms with Gasteiger partial charge in [0.1, 0.15) is 48.8 Å². The summed E-state index contributed by atoms with van der Waals surface area (Å²) in [5, 5.41) is 12.1. The molecule has 270 valence electrons. The highest BCUT2D eigenvalue weighted by Gasteiger charge is 2.61. The summed E-state index contributed by atoms with van der Waals surface area (Å²) >= 11 is 0. The Kier molecular flexibility index (Phi) is 11.0. The van der Waals surface area contributed by atoms with Gasteiger partial charge < -0.3 is 52.5 Å². The molecular formula is C39H48O11. The lowest BCUT2D eigenvalue weighted by atomic mass is 9.97. The summed E-state index contributed by atoms with van der Waals surface area (Å²) in [7, 11) is 0. The number of ether oxygens (including phenoxy) is 10. The first-order valence-corrected chi connectivity index (χ1v) is 17.4. The monoisotopic (exact) mass is 692 g/mol. The molecule has 4 heterocycles. The van der Waals surface area contributed by atoms with E-state index in [-0.39, 0.29) is 19.8 Å². The summed E-state index contributed by atoms with van der Waals surface area (Å²) < 4.78 is 63.5. The van der Waals surface area contributed by atoms with Gasteiger partial charge in [0.25, 0.3) is 0 Å². The maximum Gasteiger partial charge on any atom is 0.190 e. The minimum Gasteiger partial charge on any atom is -0.385 e. The number of benzene rings is 3. The Morgan fingerprint density at radius 2 is 1.22 bits per heavy atom. The lowest BCUT2D eigenvalue weighted by molar-refractivity contribution is -0.338. The zero-order valence-corrected chi connectivity index (χ0v) is 29.0. The van der Waals surface area contributed by atoms with Crippen molar-refractivity contribution in [2.75, 3.05) is 13.2 Å². The fraction of sp³-hybridized carbons (Fsp3) is 0.538. The molecule has 7 rings (SSSR count). The Morgan fingerprint density at radius 3 is 1.80 bits per heavy atom. The molecule has 4 fully saturated rings. The Balaban J connectivity index is 1.16. The second-order valence-electron chi connectivity index (χ2n) is 14.1. The zero-order chi connectivity index (χ0) is 34.7. The molecule has 10 atom stereocenters. The van der Waals surface area contributed by atoms with Crippen LogP contribution in [0.3, 0.4) is 0 Å². The molecule has 4 saturated heterocycles. The molecular weight excluding hydrogens is 644 g/mol. The molecule has 4 aliphatic rings. The summed E-state index contributed by atoms with van der Waals surface area (Å²) in [6.45, 7) is 8.70. The van der Waals surface area contributed by atoms with Crippen LogP contribution < -0.4 is 0 Å². The number of aliphatic hydroxyl groups excluding tert-OH is 1. The van der Waals surface area contributed by atoms with Crippen molar-refractivity contribution in [1.29, 1.82) is 0 Å². The van der Waals surface area contributed by atoms with Gasteiger partial charge in [-0.3, -0.25) is 0 Å². The Hall–Kier alpha value is -2.78. The first-order valence-electron chi connectivity index (χ1n) is 17.4. The van der Waals surface area contributed by atoms with Crippen LogP contribution in [0.4, 0.5) is 0 Å². The smallest absolute Gasteiger partial charge is 0.190 e. The van der Waals surface area contributed by atoms with Crippen LogP contribution in [0.5, 0.6) is 0 Å². The molecule has 11 nitrogen and oxygen atoms in total. The summed E-state index contributed by atoms with van der Waals surface area (Å²) in [4.78, 5) is 0. The van der Waals surface area contributed by atoms with Crippen LogP contribution in [-0.4, -0.2) is 91.3 Å². The third kappa shape index (κ3) is 8.46. The average Bonchev–Trinajstić information content (AvgIpc) is 3.74. The van der Waals surface area contributed by atoms with Crippen molar-refractivity contribution < 1.29 is 52.5 Å². The van der Waals surface area contributed by atoms with E-state index in [0.29, 0.717) is 13.2 Å². The first-order chi connectivity index (χ1) is 24.1. The number of rotatable bonds is 13. The molecule has 0 aliphatic carbocycles. The van der Waals surface area contributed by atoms with E-state index in [1.165, 1.54) is 0 Å². The van der Waals surface area contributed by atoms with Crippen molar-refractivity contribution in [3.63, 3.8) is 0 Å². The largest absolute Gasteiger partial charge is 0.385 e. The third-order valence-corrected chi connectivity index (χ3v) is 9.29. The normalized spacial score (nSPS) is 34.5. The molecule has 0 saturated carbocycles. The first kappa shape index (κ1) is 35.6. The molecule has 0 aromatic heterocycles. The summed E-state index contributed by atoms with van der Waals surface area (Å²) in [5.41, 5.74) is 2.95. The molecule has 1 N–H and O–H groups in total. The van der Waals surface area contributed by atoms with E-state index < -0.39 is 73.0 Å². The molecule has 3 aromatic carbocycles. The molecule has 3 aromatic rings. The van der Waals surface area contributed by atoms with Gasteiger partial charge in [0.2, 0.25) is 0 Å². The molecule has 4 aliphatic heterocycles. The SMILES string of the molecule is CC1(C)O[C@H]2O[C@H]([C@H]3COC(C)(C)O3)[C@H](O[C@@H]3O[C@H](COCc4ccccc4)[C@@H](OCc4ccccc4)[C@H](OCc4ccccc4)[C@H]3O)[C@H]2O1. The van der Waals surface area contributed by atoms with E-state index in [1.807, 2.05) is 119 Å². The van der Waals surface area contributed by atoms with Gasteiger partial charge in [-0.1, -0.05) is 91.0 Å². The van der Waals surface area contributed by atoms with Crippen LogP contribution in [0, 0.1) is 0 Å². The lowest BCUT2D eigenvalue weighted by Gasteiger charge is -2.45. The van der Waals surface area contributed by atoms with E-state index in [1.54, 1.807) is 0 Å². The van der Waals surface area contributed by atoms with E-state index in [0.717, 1.165) is 16.7 Å². The van der Waals surface area contributed by atoms with E-state index in [2.05, 4.69) is 0 Å². The highest BCUT2D eigenvalue weighted by atomic mass is 16.9. The Labute approximate surface area is 293 Å². The molecule has 0 amide bonds. The molecule has 0 spiro atoms. The minimum absolute atomic E-state index is 0.156. The predicted octanol–water partition coefficient (Wildman–Crippen LogP) is 4.87. The number of hydrogen-bond donors (Lipinski definition) is 1. The van der Waals surface area contributed by atoms with Crippen LogP contribution in [0.2, 0.25) is 0 Å². The quantitative estimate of drug-likeness (QED) is 0.265. The van der Waals surface area contributed by atoms with Crippen LogP contribution >= 0.6 is 0 Å². The number of fused-ring (bicyclic) bond motifs is 1. The number of hydrogen-bond acceptors (Lipinski definition) is 11. The predicted molar refractivity (Wildman–Crippen MR) is 179 cm³/mol. The zero-order valence-electron chi connectivity index (χ0n) is 29.0. The van der Waals surface area contributed by atoms with Crippen LogP contribution in [0.15, 0.2) is 91.0 Å². The van der Waals surface area contributed by atoms with Crippen molar-refractivity contribution >= 4 is 0 Å². The number of aliphatic hydroxyl groups is 1. The molecule has 11 heteroatoms. The van der Waals surface area contributed by atoms with E-state index in [4.69, 9.17) is 47.4 Å². The summed E-state index contributed by atoms with van der Waals surface area (Å²) in [6.07, 6.45) is -7.76. The average molecular weight is 693 g/mol. The van der Waals surface area contributed by atoms with Crippen LogP contribution in [0.1, 0.15) is 44.4 Å². The molecule has 0 bridgehead atoms. The summed E-state index contributed by atoms with van der Waals surface area (Å²) in [5.74, 6) is -1.69. The second kappa shape index (κ2) is 15.4. The van der Waals surface area contributed by atoms with Crippen LogP contribution in [0.25, 0.3) is 0 Å². The Morgan fingerprint density at radius 1 is 0.640 bits per heavy atom. The summed E-state index contributed by atoms with van der Waals surface area (Å²) in [6, 6.07) is 29.6. The van der Waals surface area contributed by atoms with Gasteiger partial charge in [0.05, 0.1) is 33.0 Å². The molecule has 0 unspecified atom stereocenters. The standard InChI is InChI=1S/C39H48O11/c1-38(2)44-24-29(48-38)32-34(35-37(46-32)50-39(3,4)49-35)47-36-30(40)33(43-22-27-18-12-7-13-19-27)31(42-21-26-16-10-6-11-17-26)28(45-36)23-41-20-25-14-8-5-9-15-25/h5-19,28-37,40H,20-24H2,1-4H3/t28-,29-,30-,31-,32-,33-,34+,35-,36+,37-/m1/s1. The van der Waals surface area contributed by atoms with E-state index >= 15 is 0 Å². The van der Waals surface area contributed by atoms with Crippen molar-refractivity contribution in [3.05, 3.63) is 108 Å². The van der Waals surface area contributed by atoms with Gasteiger partial charge in [-0.05, 0) is 44.4 Å². The van der Waals surface area contributed by atoms with Crippen molar-refractivity contribution in [3.8, 4) is 0 Å². The Bertz CT molecular complexity index is 1490.